The number of esters is 1. The number of carbonyl (C=O) groups is 2. The first-order valence-corrected chi connectivity index (χ1v) is 8.41. The molecule has 3 rings (SSSR count). The summed E-state index contributed by atoms with van der Waals surface area (Å²) in [5.41, 5.74) is 1.49. The molecule has 140 valence electrons. The highest BCUT2D eigenvalue weighted by atomic mass is 16.5. The molecular formula is C20H19NO6. The van der Waals surface area contributed by atoms with E-state index in [1.165, 1.54) is 26.2 Å². The van der Waals surface area contributed by atoms with E-state index in [1.54, 1.807) is 19.1 Å². The number of fused-ring (bicyclic) bond motifs is 1. The van der Waals surface area contributed by atoms with E-state index in [2.05, 4.69) is 5.32 Å². The fourth-order valence-electron chi connectivity index (χ4n) is 2.73. The Morgan fingerprint density at radius 3 is 2.74 bits per heavy atom. The van der Waals surface area contributed by atoms with Crippen molar-refractivity contribution in [2.45, 2.75) is 33.4 Å². The van der Waals surface area contributed by atoms with Crippen LogP contribution < -0.4 is 10.7 Å². The molecule has 2 aromatic heterocycles. The van der Waals surface area contributed by atoms with Crippen LogP contribution in [-0.2, 0) is 16.1 Å². The molecule has 27 heavy (non-hydrogen) atoms. The smallest absolute Gasteiger partial charge is 0.303 e. The first kappa shape index (κ1) is 18.4. The maximum absolute atomic E-state index is 12.2. The Labute approximate surface area is 154 Å². The van der Waals surface area contributed by atoms with Gasteiger partial charge in [0.1, 0.15) is 17.4 Å². The number of nitrogens with one attached hydrogen (secondary N) is 1. The summed E-state index contributed by atoms with van der Waals surface area (Å²) < 4.78 is 16.0. The first-order valence-electron chi connectivity index (χ1n) is 8.41. The monoisotopic (exact) mass is 369 g/mol. The zero-order chi connectivity index (χ0) is 19.6. The number of hydrogen-bond acceptors (Lipinski definition) is 6. The molecule has 1 aromatic carbocycles. The largest absolute Gasteiger partial charge is 0.459 e. The third-order valence-corrected chi connectivity index (χ3v) is 4.15. The van der Waals surface area contributed by atoms with Gasteiger partial charge in [0, 0.05) is 23.9 Å². The van der Waals surface area contributed by atoms with Gasteiger partial charge in [-0.05, 0) is 37.6 Å². The van der Waals surface area contributed by atoms with Gasteiger partial charge in [0.15, 0.2) is 11.2 Å². The molecule has 0 aliphatic heterocycles. The quantitative estimate of drug-likeness (QED) is 0.693. The summed E-state index contributed by atoms with van der Waals surface area (Å²) in [5, 5.41) is 3.50. The lowest BCUT2D eigenvalue weighted by atomic mass is 10.1. The minimum atomic E-state index is -0.491. The number of ether oxygens (including phenoxy) is 1. The van der Waals surface area contributed by atoms with E-state index in [0.29, 0.717) is 11.3 Å². The Balaban J connectivity index is 1.74. The minimum Gasteiger partial charge on any atom is -0.459 e. The molecular weight excluding hydrogens is 350 g/mol. The van der Waals surface area contributed by atoms with Crippen molar-refractivity contribution in [3.05, 3.63) is 69.5 Å². The van der Waals surface area contributed by atoms with Gasteiger partial charge < -0.3 is 18.9 Å². The van der Waals surface area contributed by atoms with E-state index >= 15 is 0 Å². The van der Waals surface area contributed by atoms with Gasteiger partial charge in [-0.3, -0.25) is 14.4 Å². The Morgan fingerprint density at radius 1 is 1.22 bits per heavy atom. The van der Waals surface area contributed by atoms with Crippen LogP contribution >= 0.6 is 0 Å². The average molecular weight is 369 g/mol. The first-order chi connectivity index (χ1) is 12.8. The molecule has 0 bridgehead atoms. The van der Waals surface area contributed by atoms with E-state index in [9.17, 15) is 14.4 Å². The summed E-state index contributed by atoms with van der Waals surface area (Å²) in [7, 11) is 0. The van der Waals surface area contributed by atoms with Crippen LogP contribution in [0.2, 0.25) is 0 Å². The van der Waals surface area contributed by atoms with Gasteiger partial charge in [-0.25, -0.2) is 0 Å². The maximum Gasteiger partial charge on any atom is 0.303 e. The Bertz CT molecular complexity index is 1060. The van der Waals surface area contributed by atoms with Crippen molar-refractivity contribution in [3.8, 4) is 0 Å². The van der Waals surface area contributed by atoms with Gasteiger partial charge in [-0.1, -0.05) is 6.07 Å². The van der Waals surface area contributed by atoms with Gasteiger partial charge in [0.25, 0.3) is 5.91 Å². The van der Waals surface area contributed by atoms with E-state index in [4.69, 9.17) is 13.6 Å². The molecule has 2 heterocycles. The lowest BCUT2D eigenvalue weighted by Crippen LogP contribution is -2.25. The van der Waals surface area contributed by atoms with Gasteiger partial charge >= 0.3 is 5.97 Å². The molecule has 7 nitrogen and oxygen atoms in total. The standard InChI is InChI=1S/C20H19NO6/c1-11-17(23)6-7-25-19(11)20(24)21-10-16-9-15-8-14(4-5-18(15)27-16)12(2)26-13(3)22/h4-9,12H,10H2,1-3H3,(H,21,24). The van der Waals surface area contributed by atoms with Gasteiger partial charge in [-0.15, -0.1) is 0 Å². The lowest BCUT2D eigenvalue weighted by molar-refractivity contribution is -0.145. The topological polar surface area (TPSA) is 98.8 Å². The van der Waals surface area contributed by atoms with Gasteiger partial charge in [-0.2, -0.15) is 0 Å². The van der Waals surface area contributed by atoms with Gasteiger partial charge in [0.2, 0.25) is 0 Å². The third kappa shape index (κ3) is 4.08. The molecule has 0 saturated heterocycles. The van der Waals surface area contributed by atoms with Crippen molar-refractivity contribution in [2.75, 3.05) is 0 Å². The van der Waals surface area contributed by atoms with E-state index in [0.717, 1.165) is 10.9 Å². The Kier molecular flexibility index (Phi) is 5.12. The van der Waals surface area contributed by atoms with Crippen molar-refractivity contribution < 1.29 is 23.2 Å². The fraction of sp³-hybridized carbons (Fsp3) is 0.250. The number of hydrogen-bond donors (Lipinski definition) is 1. The lowest BCUT2D eigenvalue weighted by Gasteiger charge is -2.11. The highest BCUT2D eigenvalue weighted by molar-refractivity contribution is 5.92. The minimum absolute atomic E-state index is 0.0175. The van der Waals surface area contributed by atoms with Crippen molar-refractivity contribution in [1.82, 2.24) is 5.32 Å². The molecule has 1 N–H and O–H groups in total. The van der Waals surface area contributed by atoms with Crippen molar-refractivity contribution in [2.24, 2.45) is 0 Å². The third-order valence-electron chi connectivity index (χ3n) is 4.15. The predicted molar refractivity (Wildman–Crippen MR) is 97.3 cm³/mol. The van der Waals surface area contributed by atoms with Crippen LogP contribution in [0, 0.1) is 6.92 Å². The van der Waals surface area contributed by atoms with Crippen LogP contribution in [-0.4, -0.2) is 11.9 Å². The molecule has 0 aliphatic rings. The second kappa shape index (κ2) is 7.49. The SMILES string of the molecule is CC(=O)OC(C)c1ccc2oc(CNC(=O)c3occc(=O)c3C)cc2c1. The van der Waals surface area contributed by atoms with Crippen LogP contribution in [0.15, 0.2) is 50.2 Å². The van der Waals surface area contributed by atoms with Crippen molar-refractivity contribution >= 4 is 22.8 Å². The molecule has 7 heteroatoms. The molecule has 0 fully saturated rings. The van der Waals surface area contributed by atoms with E-state index in [-0.39, 0.29) is 35.4 Å². The summed E-state index contributed by atoms with van der Waals surface area (Å²) in [6.07, 6.45) is 0.825. The highest BCUT2D eigenvalue weighted by Crippen LogP contribution is 2.25. The highest BCUT2D eigenvalue weighted by Gasteiger charge is 2.15. The summed E-state index contributed by atoms with van der Waals surface area (Å²) in [6.45, 7) is 4.83. The zero-order valence-electron chi connectivity index (χ0n) is 15.2. The van der Waals surface area contributed by atoms with Crippen LogP contribution in [0.3, 0.4) is 0 Å². The number of amides is 1. The maximum atomic E-state index is 12.2. The van der Waals surface area contributed by atoms with E-state index < -0.39 is 5.91 Å². The second-order valence-electron chi connectivity index (χ2n) is 6.18. The Morgan fingerprint density at radius 2 is 2.00 bits per heavy atom. The molecule has 0 radical (unpaired) electrons. The molecule has 1 atom stereocenters. The fourth-order valence-corrected chi connectivity index (χ4v) is 2.73. The summed E-state index contributed by atoms with van der Waals surface area (Å²) >= 11 is 0. The predicted octanol–water partition coefficient (Wildman–Crippen LogP) is 3.25. The number of rotatable bonds is 5. The normalized spacial score (nSPS) is 12.0. The van der Waals surface area contributed by atoms with Crippen LogP contribution in [0.5, 0.6) is 0 Å². The zero-order valence-corrected chi connectivity index (χ0v) is 15.2. The Hall–Kier alpha value is -3.35. The number of benzene rings is 1. The summed E-state index contributed by atoms with van der Waals surface area (Å²) in [4.78, 5) is 34.9. The molecule has 0 saturated carbocycles. The molecule has 1 unspecified atom stereocenters. The summed E-state index contributed by atoms with van der Waals surface area (Å²) in [6, 6.07) is 8.55. The second-order valence-corrected chi connectivity index (χ2v) is 6.18. The number of furan rings is 1. The average Bonchev–Trinajstić information content (AvgIpc) is 3.03. The molecule has 0 aliphatic carbocycles. The van der Waals surface area contributed by atoms with Crippen molar-refractivity contribution in [1.29, 1.82) is 0 Å². The van der Waals surface area contributed by atoms with Crippen LogP contribution in [0.25, 0.3) is 11.0 Å². The molecule has 1 amide bonds. The number of carbonyl (C=O) groups excluding carboxylic acids is 2. The van der Waals surface area contributed by atoms with Gasteiger partial charge in [0.05, 0.1) is 12.8 Å². The summed E-state index contributed by atoms with van der Waals surface area (Å²) in [5.74, 6) is -0.307. The molecule has 0 spiro atoms. The van der Waals surface area contributed by atoms with E-state index in [1.807, 2.05) is 12.1 Å². The van der Waals surface area contributed by atoms with Crippen molar-refractivity contribution in [3.63, 3.8) is 0 Å². The molecule has 3 aromatic rings. The van der Waals surface area contributed by atoms with Crippen LogP contribution in [0.4, 0.5) is 0 Å². The van der Waals surface area contributed by atoms with Crippen LogP contribution in [0.1, 0.15) is 47.4 Å².